The monoisotopic (exact) mass is 346 g/mol. The number of nitrogens with one attached hydrogen (secondary N) is 2. The van der Waals surface area contributed by atoms with Gasteiger partial charge < -0.3 is 20.1 Å². The summed E-state index contributed by atoms with van der Waals surface area (Å²) in [4.78, 5) is 8.87. The zero-order chi connectivity index (χ0) is 17.3. The summed E-state index contributed by atoms with van der Waals surface area (Å²) in [5, 5.41) is 6.57. The molecule has 6 nitrogen and oxygen atoms in total. The van der Waals surface area contributed by atoms with E-state index in [4.69, 9.17) is 9.47 Å². The van der Waals surface area contributed by atoms with Gasteiger partial charge in [-0.05, 0) is 60.7 Å². The number of ether oxygens (including phenoxy) is 2. The standard InChI is InChI=1S/C20H18N4O2/c1-2-13-4-5-15(10-14(13)3-1)23-20-21-9-8-19(24-20)22-16-6-7-17-18(11-16)26-12-25-17/h4-11H,1-3,12H2,(H2,21,22,23,24). The van der Waals surface area contributed by atoms with Crippen molar-refractivity contribution in [3.05, 3.63) is 59.8 Å². The Labute approximate surface area is 151 Å². The number of hydrogen-bond donors (Lipinski definition) is 2. The summed E-state index contributed by atoms with van der Waals surface area (Å²) < 4.78 is 10.7. The molecule has 3 aromatic rings. The van der Waals surface area contributed by atoms with E-state index in [0.29, 0.717) is 11.8 Å². The van der Waals surface area contributed by atoms with Crippen LogP contribution in [-0.4, -0.2) is 16.8 Å². The summed E-state index contributed by atoms with van der Waals surface area (Å²) >= 11 is 0. The molecule has 2 aliphatic rings. The van der Waals surface area contributed by atoms with Gasteiger partial charge >= 0.3 is 0 Å². The molecule has 0 radical (unpaired) electrons. The molecule has 1 aromatic heterocycles. The molecule has 0 atom stereocenters. The second kappa shape index (κ2) is 6.22. The van der Waals surface area contributed by atoms with Crippen LogP contribution in [-0.2, 0) is 12.8 Å². The highest BCUT2D eigenvalue weighted by atomic mass is 16.7. The van der Waals surface area contributed by atoms with Gasteiger partial charge in [0.1, 0.15) is 5.82 Å². The molecule has 2 aromatic carbocycles. The van der Waals surface area contributed by atoms with E-state index in [0.717, 1.165) is 29.3 Å². The van der Waals surface area contributed by atoms with Crippen molar-refractivity contribution in [3.63, 3.8) is 0 Å². The van der Waals surface area contributed by atoms with Gasteiger partial charge in [-0.1, -0.05) is 6.07 Å². The molecule has 5 rings (SSSR count). The van der Waals surface area contributed by atoms with Crippen molar-refractivity contribution in [3.8, 4) is 11.5 Å². The van der Waals surface area contributed by atoms with Crippen LogP contribution >= 0.6 is 0 Å². The summed E-state index contributed by atoms with van der Waals surface area (Å²) in [5.74, 6) is 2.77. The normalized spacial score (nSPS) is 14.2. The zero-order valence-electron chi connectivity index (χ0n) is 14.2. The highest BCUT2D eigenvalue weighted by Crippen LogP contribution is 2.35. The van der Waals surface area contributed by atoms with Crippen LogP contribution in [0.25, 0.3) is 0 Å². The van der Waals surface area contributed by atoms with E-state index >= 15 is 0 Å². The molecule has 1 aliphatic carbocycles. The number of fused-ring (bicyclic) bond motifs is 2. The Kier molecular flexibility index (Phi) is 3.59. The molecule has 0 unspecified atom stereocenters. The van der Waals surface area contributed by atoms with Crippen LogP contribution in [0.3, 0.4) is 0 Å². The molecule has 26 heavy (non-hydrogen) atoms. The average Bonchev–Trinajstić information content (AvgIpc) is 3.30. The van der Waals surface area contributed by atoms with Gasteiger partial charge in [0.15, 0.2) is 11.5 Å². The highest BCUT2D eigenvalue weighted by molar-refractivity contribution is 5.63. The molecule has 0 bridgehead atoms. The van der Waals surface area contributed by atoms with Crippen LogP contribution in [0.15, 0.2) is 48.7 Å². The van der Waals surface area contributed by atoms with Gasteiger partial charge in [-0.3, -0.25) is 0 Å². The Balaban J connectivity index is 1.34. The van der Waals surface area contributed by atoms with Crippen molar-refractivity contribution >= 4 is 23.1 Å². The number of benzene rings is 2. The first-order valence-electron chi connectivity index (χ1n) is 8.72. The second-order valence-corrected chi connectivity index (χ2v) is 6.42. The Morgan fingerprint density at radius 3 is 2.65 bits per heavy atom. The van der Waals surface area contributed by atoms with E-state index in [2.05, 4.69) is 38.8 Å². The van der Waals surface area contributed by atoms with Crippen molar-refractivity contribution in [1.29, 1.82) is 0 Å². The molecule has 6 heteroatoms. The predicted octanol–water partition coefficient (Wildman–Crippen LogP) is 4.18. The Hall–Kier alpha value is -3.28. The van der Waals surface area contributed by atoms with Crippen LogP contribution in [0.5, 0.6) is 11.5 Å². The third kappa shape index (κ3) is 2.90. The van der Waals surface area contributed by atoms with E-state index in [1.807, 2.05) is 24.3 Å². The molecule has 2 heterocycles. The molecule has 130 valence electrons. The van der Waals surface area contributed by atoms with E-state index in [1.165, 1.54) is 24.0 Å². The smallest absolute Gasteiger partial charge is 0.231 e. The Morgan fingerprint density at radius 1 is 0.808 bits per heavy atom. The van der Waals surface area contributed by atoms with Crippen LogP contribution in [0.1, 0.15) is 17.5 Å². The predicted molar refractivity (Wildman–Crippen MR) is 99.6 cm³/mol. The van der Waals surface area contributed by atoms with Crippen molar-refractivity contribution < 1.29 is 9.47 Å². The molecular formula is C20H18N4O2. The molecule has 0 spiro atoms. The van der Waals surface area contributed by atoms with Crippen LogP contribution < -0.4 is 20.1 Å². The first-order valence-corrected chi connectivity index (χ1v) is 8.72. The summed E-state index contributed by atoms with van der Waals surface area (Å²) in [6, 6.07) is 14.0. The van der Waals surface area contributed by atoms with Gasteiger partial charge in [-0.2, -0.15) is 4.98 Å². The lowest BCUT2D eigenvalue weighted by molar-refractivity contribution is 0.174. The van der Waals surface area contributed by atoms with Gasteiger partial charge in [0.25, 0.3) is 0 Å². The van der Waals surface area contributed by atoms with Crippen LogP contribution in [0, 0.1) is 0 Å². The topological polar surface area (TPSA) is 68.3 Å². The summed E-state index contributed by atoms with van der Waals surface area (Å²) in [5.41, 5.74) is 4.78. The summed E-state index contributed by atoms with van der Waals surface area (Å²) in [7, 11) is 0. The molecule has 0 saturated heterocycles. The van der Waals surface area contributed by atoms with Crippen molar-refractivity contribution in [1.82, 2.24) is 9.97 Å². The number of rotatable bonds is 4. The minimum absolute atomic E-state index is 0.265. The van der Waals surface area contributed by atoms with Crippen molar-refractivity contribution in [2.24, 2.45) is 0 Å². The highest BCUT2D eigenvalue weighted by Gasteiger charge is 2.14. The maximum absolute atomic E-state index is 5.41. The lowest BCUT2D eigenvalue weighted by Gasteiger charge is -2.10. The fourth-order valence-corrected chi connectivity index (χ4v) is 3.39. The number of anilines is 4. The molecule has 1 aliphatic heterocycles. The summed E-state index contributed by atoms with van der Waals surface area (Å²) in [6.45, 7) is 0.265. The van der Waals surface area contributed by atoms with Crippen LogP contribution in [0.4, 0.5) is 23.1 Å². The molecular weight excluding hydrogens is 328 g/mol. The third-order valence-corrected chi connectivity index (χ3v) is 4.66. The van der Waals surface area contributed by atoms with Gasteiger partial charge in [-0.15, -0.1) is 0 Å². The SMILES string of the molecule is c1cc(Nc2ccc3c(c2)OCO3)nc(Nc2ccc3c(c2)CCC3)n1. The average molecular weight is 346 g/mol. The minimum Gasteiger partial charge on any atom is -0.454 e. The third-order valence-electron chi connectivity index (χ3n) is 4.66. The summed E-state index contributed by atoms with van der Waals surface area (Å²) in [6.07, 6.45) is 5.31. The minimum atomic E-state index is 0.265. The van der Waals surface area contributed by atoms with E-state index in [1.54, 1.807) is 6.20 Å². The largest absolute Gasteiger partial charge is 0.454 e. The lowest BCUT2D eigenvalue weighted by Crippen LogP contribution is -2.00. The van der Waals surface area contributed by atoms with Gasteiger partial charge in [-0.25, -0.2) is 4.98 Å². The van der Waals surface area contributed by atoms with Crippen molar-refractivity contribution in [2.45, 2.75) is 19.3 Å². The van der Waals surface area contributed by atoms with E-state index in [-0.39, 0.29) is 6.79 Å². The first kappa shape index (κ1) is 15.0. The van der Waals surface area contributed by atoms with Gasteiger partial charge in [0.05, 0.1) is 0 Å². The van der Waals surface area contributed by atoms with Gasteiger partial charge in [0.2, 0.25) is 12.7 Å². The zero-order valence-corrected chi connectivity index (χ0v) is 14.2. The first-order chi connectivity index (χ1) is 12.8. The lowest BCUT2D eigenvalue weighted by atomic mass is 10.1. The van der Waals surface area contributed by atoms with Crippen molar-refractivity contribution in [2.75, 3.05) is 17.4 Å². The fourth-order valence-electron chi connectivity index (χ4n) is 3.39. The van der Waals surface area contributed by atoms with E-state index < -0.39 is 0 Å². The maximum atomic E-state index is 5.41. The molecule has 0 fully saturated rings. The Bertz CT molecular complexity index is 899. The van der Waals surface area contributed by atoms with E-state index in [9.17, 15) is 0 Å². The molecule has 0 saturated carbocycles. The maximum Gasteiger partial charge on any atom is 0.231 e. The number of aromatic nitrogens is 2. The second-order valence-electron chi connectivity index (χ2n) is 6.42. The Morgan fingerprint density at radius 2 is 1.65 bits per heavy atom. The van der Waals surface area contributed by atoms with Crippen LogP contribution in [0.2, 0.25) is 0 Å². The fraction of sp³-hybridized carbons (Fsp3) is 0.200. The number of aryl methyl sites for hydroxylation is 2. The van der Waals surface area contributed by atoms with Gasteiger partial charge in [0, 0.05) is 23.6 Å². The quantitative estimate of drug-likeness (QED) is 0.739. The number of hydrogen-bond acceptors (Lipinski definition) is 6. The molecule has 0 amide bonds. The number of nitrogens with zero attached hydrogens (tertiary/aromatic N) is 2. The molecule has 2 N–H and O–H groups in total.